The predicted octanol–water partition coefficient (Wildman–Crippen LogP) is 4.91. The van der Waals surface area contributed by atoms with E-state index < -0.39 is 27.7 Å². The minimum absolute atomic E-state index is 0.0842. The quantitative estimate of drug-likeness (QED) is 0.627. The molecule has 7 heteroatoms. The van der Waals surface area contributed by atoms with E-state index in [4.69, 9.17) is 4.74 Å². The zero-order valence-corrected chi connectivity index (χ0v) is 16.0. The number of ether oxygens (including phenoxy) is 1. The zero-order valence-electron chi connectivity index (χ0n) is 15.2. The molecule has 0 spiro atoms. The third kappa shape index (κ3) is 2.82. The summed E-state index contributed by atoms with van der Waals surface area (Å²) >= 11 is 0. The summed E-state index contributed by atoms with van der Waals surface area (Å²) in [5, 5.41) is 0. The van der Waals surface area contributed by atoms with Crippen molar-refractivity contribution in [2.75, 3.05) is 11.4 Å². The molecule has 28 heavy (non-hydrogen) atoms. The number of sulfonamides is 1. The van der Waals surface area contributed by atoms with Crippen LogP contribution in [0.2, 0.25) is 0 Å². The number of nitrogens with zero attached hydrogens (tertiary/aromatic N) is 1. The van der Waals surface area contributed by atoms with Crippen molar-refractivity contribution in [3.63, 3.8) is 0 Å². The van der Waals surface area contributed by atoms with Gasteiger partial charge in [0.15, 0.2) is 0 Å². The van der Waals surface area contributed by atoms with Crippen LogP contribution >= 0.6 is 0 Å². The molecule has 0 fully saturated rings. The Morgan fingerprint density at radius 3 is 2.14 bits per heavy atom. The second-order valence-corrected chi connectivity index (χ2v) is 8.36. The minimum Gasteiger partial charge on any atom is -0.497 e. The molecule has 0 amide bonds. The van der Waals surface area contributed by atoms with Gasteiger partial charge in [0.25, 0.3) is 10.0 Å². The number of halogens is 2. The highest BCUT2D eigenvalue weighted by Crippen LogP contribution is 2.47. The van der Waals surface area contributed by atoms with Crippen molar-refractivity contribution in [1.82, 2.24) is 0 Å². The molecule has 1 heterocycles. The summed E-state index contributed by atoms with van der Waals surface area (Å²) < 4.78 is 61.0. The summed E-state index contributed by atoms with van der Waals surface area (Å²) in [5.74, 6) is -0.452. The standard InChI is InChI=1S/C21H17F2NO3S/c1-13-18-9-3-14(22)11-19(18)20-12-15(23)4-10-21(20)24(13)28(25,26)17-7-5-16(27-2)6-8-17/h3-13H,1-2H3. The second kappa shape index (κ2) is 6.60. The maximum absolute atomic E-state index is 13.9. The average Bonchev–Trinajstić information content (AvgIpc) is 2.68. The van der Waals surface area contributed by atoms with E-state index in [9.17, 15) is 17.2 Å². The molecule has 3 aromatic rings. The molecule has 1 aliphatic rings. The van der Waals surface area contributed by atoms with Gasteiger partial charge < -0.3 is 4.74 Å². The zero-order chi connectivity index (χ0) is 20.1. The molecule has 0 N–H and O–H groups in total. The molecule has 0 aromatic heterocycles. The molecule has 4 nitrogen and oxygen atoms in total. The van der Waals surface area contributed by atoms with Crippen LogP contribution < -0.4 is 9.04 Å². The maximum atomic E-state index is 13.9. The van der Waals surface area contributed by atoms with Crippen LogP contribution in [0.15, 0.2) is 65.6 Å². The molecule has 4 rings (SSSR count). The van der Waals surface area contributed by atoms with Crippen LogP contribution in [-0.4, -0.2) is 15.5 Å². The van der Waals surface area contributed by atoms with Crippen LogP contribution in [0.25, 0.3) is 11.1 Å². The van der Waals surface area contributed by atoms with Gasteiger partial charge >= 0.3 is 0 Å². The topological polar surface area (TPSA) is 46.6 Å². The summed E-state index contributed by atoms with van der Waals surface area (Å²) in [6.07, 6.45) is 0. The first-order valence-electron chi connectivity index (χ1n) is 8.61. The number of benzene rings is 3. The number of rotatable bonds is 3. The molecule has 0 aliphatic carbocycles. The van der Waals surface area contributed by atoms with Crippen molar-refractivity contribution in [1.29, 1.82) is 0 Å². The van der Waals surface area contributed by atoms with Gasteiger partial charge in [-0.05, 0) is 72.6 Å². The first kappa shape index (κ1) is 18.4. The molecular formula is C21H17F2NO3S. The lowest BCUT2D eigenvalue weighted by Crippen LogP contribution is -2.36. The van der Waals surface area contributed by atoms with Crippen LogP contribution in [-0.2, 0) is 10.0 Å². The molecule has 144 valence electrons. The highest BCUT2D eigenvalue weighted by atomic mass is 32.2. The Morgan fingerprint density at radius 1 is 0.893 bits per heavy atom. The van der Waals surface area contributed by atoms with Gasteiger partial charge in [-0.1, -0.05) is 6.07 Å². The Labute approximate surface area is 162 Å². The summed E-state index contributed by atoms with van der Waals surface area (Å²) in [5.41, 5.74) is 1.74. The van der Waals surface area contributed by atoms with Gasteiger partial charge in [0.1, 0.15) is 17.4 Å². The molecule has 0 saturated heterocycles. The van der Waals surface area contributed by atoms with E-state index >= 15 is 0 Å². The number of hydrogen-bond donors (Lipinski definition) is 0. The van der Waals surface area contributed by atoms with Crippen LogP contribution in [0, 0.1) is 11.6 Å². The van der Waals surface area contributed by atoms with Crippen molar-refractivity contribution in [3.05, 3.63) is 77.9 Å². The minimum atomic E-state index is -3.95. The fraction of sp³-hybridized carbons (Fsp3) is 0.143. The van der Waals surface area contributed by atoms with Gasteiger partial charge in [-0.2, -0.15) is 0 Å². The van der Waals surface area contributed by atoms with Crippen LogP contribution in [0.4, 0.5) is 14.5 Å². The predicted molar refractivity (Wildman–Crippen MR) is 103 cm³/mol. The van der Waals surface area contributed by atoms with Gasteiger partial charge in [-0.15, -0.1) is 0 Å². The van der Waals surface area contributed by atoms with E-state index in [1.165, 1.54) is 53.9 Å². The Bertz CT molecular complexity index is 1160. The Kier molecular flexibility index (Phi) is 4.34. The van der Waals surface area contributed by atoms with E-state index in [-0.39, 0.29) is 4.90 Å². The van der Waals surface area contributed by atoms with Crippen LogP contribution in [0.3, 0.4) is 0 Å². The van der Waals surface area contributed by atoms with Gasteiger partial charge in [-0.25, -0.2) is 17.2 Å². The lowest BCUT2D eigenvalue weighted by molar-refractivity contribution is 0.414. The van der Waals surface area contributed by atoms with Gasteiger partial charge in [-0.3, -0.25) is 4.31 Å². The second-order valence-electron chi connectivity index (χ2n) is 6.55. The fourth-order valence-corrected chi connectivity index (χ4v) is 5.23. The van der Waals surface area contributed by atoms with Crippen LogP contribution in [0.5, 0.6) is 5.75 Å². The Morgan fingerprint density at radius 2 is 1.50 bits per heavy atom. The lowest BCUT2D eigenvalue weighted by atomic mass is 9.90. The maximum Gasteiger partial charge on any atom is 0.264 e. The Hall–Kier alpha value is -2.93. The molecule has 1 aliphatic heterocycles. The molecule has 1 atom stereocenters. The summed E-state index contributed by atoms with van der Waals surface area (Å²) in [4.78, 5) is 0.0842. The average molecular weight is 401 g/mol. The molecule has 0 saturated carbocycles. The van der Waals surface area contributed by atoms with E-state index in [1.807, 2.05) is 0 Å². The number of methoxy groups -OCH3 is 1. The number of hydrogen-bond acceptors (Lipinski definition) is 3. The SMILES string of the molecule is COc1ccc(S(=O)(=O)N2c3ccc(F)cc3-c3cc(F)ccc3C2C)cc1. The Balaban J connectivity index is 1.93. The van der Waals surface area contributed by atoms with Crippen LogP contribution in [0.1, 0.15) is 18.5 Å². The van der Waals surface area contributed by atoms with Gasteiger partial charge in [0.2, 0.25) is 0 Å². The van der Waals surface area contributed by atoms with Crippen molar-refractivity contribution in [2.24, 2.45) is 0 Å². The third-order valence-corrected chi connectivity index (χ3v) is 6.82. The summed E-state index contributed by atoms with van der Waals surface area (Å²) in [7, 11) is -2.46. The molecule has 1 unspecified atom stereocenters. The van der Waals surface area contributed by atoms with Crippen molar-refractivity contribution in [2.45, 2.75) is 17.9 Å². The van der Waals surface area contributed by atoms with E-state index in [0.717, 1.165) is 0 Å². The molecule has 3 aromatic carbocycles. The summed E-state index contributed by atoms with van der Waals surface area (Å²) in [6, 6.07) is 13.4. The lowest BCUT2D eigenvalue weighted by Gasteiger charge is -2.37. The van der Waals surface area contributed by atoms with E-state index in [1.54, 1.807) is 25.1 Å². The number of fused-ring (bicyclic) bond motifs is 3. The van der Waals surface area contributed by atoms with Gasteiger partial charge in [0, 0.05) is 5.56 Å². The van der Waals surface area contributed by atoms with E-state index in [2.05, 4.69) is 0 Å². The van der Waals surface area contributed by atoms with E-state index in [0.29, 0.717) is 28.1 Å². The first-order chi connectivity index (χ1) is 13.3. The largest absolute Gasteiger partial charge is 0.497 e. The van der Waals surface area contributed by atoms with Gasteiger partial charge in [0.05, 0.1) is 23.7 Å². The molecule has 0 radical (unpaired) electrons. The highest BCUT2D eigenvalue weighted by molar-refractivity contribution is 7.92. The number of anilines is 1. The monoisotopic (exact) mass is 401 g/mol. The van der Waals surface area contributed by atoms with Crippen molar-refractivity contribution < 1.29 is 21.9 Å². The van der Waals surface area contributed by atoms with Crippen molar-refractivity contribution >= 4 is 15.7 Å². The third-order valence-electron chi connectivity index (χ3n) is 4.92. The normalized spacial score (nSPS) is 15.7. The molecular weight excluding hydrogens is 384 g/mol. The highest BCUT2D eigenvalue weighted by Gasteiger charge is 2.37. The molecule has 0 bridgehead atoms. The summed E-state index contributed by atoms with van der Waals surface area (Å²) in [6.45, 7) is 1.73. The fourth-order valence-electron chi connectivity index (χ4n) is 3.58. The smallest absolute Gasteiger partial charge is 0.264 e. The first-order valence-corrected chi connectivity index (χ1v) is 10.0. The van der Waals surface area contributed by atoms with Crippen molar-refractivity contribution in [3.8, 4) is 16.9 Å².